The molecular formula is C14H16N2O2. The Kier molecular flexibility index (Phi) is 2.80. The van der Waals surface area contributed by atoms with E-state index in [1.165, 1.54) is 0 Å². The number of aliphatic hydroxyl groups excluding tert-OH is 1. The fraction of sp³-hybridized carbons (Fsp3) is 0.357. The number of aromatic amines is 1. The molecule has 0 saturated carbocycles. The SMILES string of the molecule is O=c1[nH]c(N2CCC(O)CC2)cc2ccccc12. The van der Waals surface area contributed by atoms with Crippen LogP contribution >= 0.6 is 0 Å². The van der Waals surface area contributed by atoms with Crippen molar-refractivity contribution in [3.8, 4) is 0 Å². The van der Waals surface area contributed by atoms with Crippen molar-refractivity contribution in [2.75, 3.05) is 18.0 Å². The summed E-state index contributed by atoms with van der Waals surface area (Å²) in [7, 11) is 0. The van der Waals surface area contributed by atoms with E-state index in [1.807, 2.05) is 30.3 Å². The van der Waals surface area contributed by atoms with Gasteiger partial charge in [0.05, 0.1) is 6.10 Å². The molecule has 2 heterocycles. The molecule has 0 spiro atoms. The summed E-state index contributed by atoms with van der Waals surface area (Å²) in [5, 5.41) is 11.2. The minimum atomic E-state index is -0.201. The molecule has 0 aliphatic carbocycles. The van der Waals surface area contributed by atoms with Crippen LogP contribution in [0.4, 0.5) is 5.82 Å². The van der Waals surface area contributed by atoms with Crippen molar-refractivity contribution in [1.29, 1.82) is 0 Å². The first-order valence-corrected chi connectivity index (χ1v) is 6.29. The van der Waals surface area contributed by atoms with Gasteiger partial charge in [0.1, 0.15) is 5.82 Å². The van der Waals surface area contributed by atoms with Gasteiger partial charge in [0.25, 0.3) is 5.56 Å². The molecule has 94 valence electrons. The van der Waals surface area contributed by atoms with Gasteiger partial charge in [-0.05, 0) is 30.4 Å². The van der Waals surface area contributed by atoms with Crippen molar-refractivity contribution in [2.24, 2.45) is 0 Å². The van der Waals surface area contributed by atoms with E-state index in [2.05, 4.69) is 9.88 Å². The molecule has 1 aliphatic rings. The van der Waals surface area contributed by atoms with Crippen molar-refractivity contribution < 1.29 is 5.11 Å². The summed E-state index contributed by atoms with van der Waals surface area (Å²) in [5.74, 6) is 0.852. The van der Waals surface area contributed by atoms with Gasteiger partial charge in [-0.1, -0.05) is 18.2 Å². The Bertz CT molecular complexity index is 612. The molecule has 18 heavy (non-hydrogen) atoms. The highest BCUT2D eigenvalue weighted by atomic mass is 16.3. The number of benzene rings is 1. The van der Waals surface area contributed by atoms with E-state index in [4.69, 9.17) is 0 Å². The van der Waals surface area contributed by atoms with E-state index in [-0.39, 0.29) is 11.7 Å². The average Bonchev–Trinajstić information content (AvgIpc) is 2.39. The van der Waals surface area contributed by atoms with Crippen molar-refractivity contribution in [1.82, 2.24) is 4.98 Å². The lowest BCUT2D eigenvalue weighted by atomic mass is 10.1. The van der Waals surface area contributed by atoms with Crippen LogP contribution in [0.25, 0.3) is 10.8 Å². The first-order chi connectivity index (χ1) is 8.74. The highest BCUT2D eigenvalue weighted by Crippen LogP contribution is 2.20. The minimum absolute atomic E-state index is 0.0470. The number of hydrogen-bond donors (Lipinski definition) is 2. The van der Waals surface area contributed by atoms with Gasteiger partial charge in [0, 0.05) is 18.5 Å². The molecular weight excluding hydrogens is 228 g/mol. The molecule has 1 aromatic heterocycles. The minimum Gasteiger partial charge on any atom is -0.393 e. The molecule has 1 aromatic carbocycles. The van der Waals surface area contributed by atoms with Crippen LogP contribution in [-0.2, 0) is 0 Å². The maximum Gasteiger partial charge on any atom is 0.257 e. The Hall–Kier alpha value is -1.81. The Labute approximate surface area is 105 Å². The zero-order chi connectivity index (χ0) is 12.5. The Morgan fingerprint density at radius 2 is 1.94 bits per heavy atom. The van der Waals surface area contributed by atoms with Gasteiger partial charge in [-0.15, -0.1) is 0 Å². The normalized spacial score (nSPS) is 17.3. The number of hydrogen-bond acceptors (Lipinski definition) is 3. The zero-order valence-electron chi connectivity index (χ0n) is 10.1. The molecule has 0 amide bonds. The molecule has 1 aliphatic heterocycles. The number of H-pyrrole nitrogens is 1. The first-order valence-electron chi connectivity index (χ1n) is 6.29. The summed E-state index contributed by atoms with van der Waals surface area (Å²) in [6.07, 6.45) is 1.32. The predicted octanol–water partition coefficient (Wildman–Crippen LogP) is 1.49. The monoisotopic (exact) mass is 244 g/mol. The van der Waals surface area contributed by atoms with Crippen LogP contribution in [0.5, 0.6) is 0 Å². The molecule has 3 rings (SSSR count). The standard InChI is InChI=1S/C14H16N2O2/c17-11-5-7-16(8-6-11)13-9-10-3-1-2-4-12(10)14(18)15-13/h1-4,9,11,17H,5-8H2,(H,15,18). The average molecular weight is 244 g/mol. The molecule has 2 aromatic rings. The van der Waals surface area contributed by atoms with Crippen molar-refractivity contribution >= 4 is 16.6 Å². The lowest BCUT2D eigenvalue weighted by molar-refractivity contribution is 0.145. The molecule has 0 bridgehead atoms. The second kappa shape index (κ2) is 4.46. The number of anilines is 1. The maximum absolute atomic E-state index is 12.0. The topological polar surface area (TPSA) is 56.3 Å². The van der Waals surface area contributed by atoms with Gasteiger partial charge in [-0.3, -0.25) is 4.79 Å². The van der Waals surface area contributed by atoms with Crippen LogP contribution in [0, 0.1) is 0 Å². The van der Waals surface area contributed by atoms with E-state index in [0.717, 1.165) is 42.5 Å². The fourth-order valence-electron chi connectivity index (χ4n) is 2.47. The molecule has 0 atom stereocenters. The number of fused-ring (bicyclic) bond motifs is 1. The third kappa shape index (κ3) is 1.99. The number of aromatic nitrogens is 1. The second-order valence-electron chi connectivity index (χ2n) is 4.79. The molecule has 0 radical (unpaired) electrons. The summed E-state index contributed by atoms with van der Waals surface area (Å²) < 4.78 is 0. The van der Waals surface area contributed by atoms with E-state index in [9.17, 15) is 9.90 Å². The van der Waals surface area contributed by atoms with E-state index in [0.29, 0.717) is 0 Å². The fourth-order valence-corrected chi connectivity index (χ4v) is 2.47. The molecule has 1 fully saturated rings. The Balaban J connectivity index is 2.00. The van der Waals surface area contributed by atoms with E-state index in [1.54, 1.807) is 0 Å². The molecule has 4 nitrogen and oxygen atoms in total. The van der Waals surface area contributed by atoms with Crippen LogP contribution < -0.4 is 10.5 Å². The van der Waals surface area contributed by atoms with Gasteiger partial charge in [-0.2, -0.15) is 0 Å². The summed E-state index contributed by atoms with van der Waals surface area (Å²) in [6, 6.07) is 9.60. The van der Waals surface area contributed by atoms with Crippen LogP contribution in [0.3, 0.4) is 0 Å². The molecule has 2 N–H and O–H groups in total. The lowest BCUT2D eigenvalue weighted by Gasteiger charge is -2.31. The van der Waals surface area contributed by atoms with Gasteiger partial charge in [-0.25, -0.2) is 0 Å². The lowest BCUT2D eigenvalue weighted by Crippen LogP contribution is -2.37. The summed E-state index contributed by atoms with van der Waals surface area (Å²) in [5.41, 5.74) is -0.0470. The molecule has 0 unspecified atom stereocenters. The number of pyridine rings is 1. The van der Waals surface area contributed by atoms with Crippen molar-refractivity contribution in [2.45, 2.75) is 18.9 Å². The van der Waals surface area contributed by atoms with E-state index < -0.39 is 0 Å². The van der Waals surface area contributed by atoms with Crippen molar-refractivity contribution in [3.05, 3.63) is 40.7 Å². The zero-order valence-corrected chi connectivity index (χ0v) is 10.1. The predicted molar refractivity (Wildman–Crippen MR) is 72.0 cm³/mol. The van der Waals surface area contributed by atoms with Crippen LogP contribution in [0.2, 0.25) is 0 Å². The number of nitrogens with one attached hydrogen (secondary N) is 1. The molecule has 1 saturated heterocycles. The Morgan fingerprint density at radius 1 is 1.22 bits per heavy atom. The highest BCUT2D eigenvalue weighted by molar-refractivity contribution is 5.83. The maximum atomic E-state index is 12.0. The van der Waals surface area contributed by atoms with Crippen LogP contribution in [0.1, 0.15) is 12.8 Å². The number of rotatable bonds is 1. The quantitative estimate of drug-likeness (QED) is 0.799. The van der Waals surface area contributed by atoms with Crippen LogP contribution in [-0.4, -0.2) is 29.3 Å². The van der Waals surface area contributed by atoms with Gasteiger partial charge >= 0.3 is 0 Å². The van der Waals surface area contributed by atoms with Gasteiger partial charge in [0.15, 0.2) is 0 Å². The van der Waals surface area contributed by atoms with Gasteiger partial charge in [0.2, 0.25) is 0 Å². The Morgan fingerprint density at radius 3 is 2.72 bits per heavy atom. The summed E-state index contributed by atoms with van der Waals surface area (Å²) >= 11 is 0. The third-order valence-corrected chi connectivity index (χ3v) is 3.54. The highest BCUT2D eigenvalue weighted by Gasteiger charge is 2.18. The number of piperidine rings is 1. The summed E-state index contributed by atoms with van der Waals surface area (Å²) in [4.78, 5) is 17.0. The van der Waals surface area contributed by atoms with Crippen molar-refractivity contribution in [3.63, 3.8) is 0 Å². The largest absolute Gasteiger partial charge is 0.393 e. The first kappa shape index (κ1) is 11.3. The third-order valence-electron chi connectivity index (χ3n) is 3.54. The van der Waals surface area contributed by atoms with E-state index >= 15 is 0 Å². The smallest absolute Gasteiger partial charge is 0.257 e. The van der Waals surface area contributed by atoms with Gasteiger partial charge < -0.3 is 15.0 Å². The van der Waals surface area contributed by atoms with Crippen LogP contribution in [0.15, 0.2) is 35.1 Å². The number of nitrogens with zero attached hydrogens (tertiary/aromatic N) is 1. The number of aliphatic hydroxyl groups is 1. The summed E-state index contributed by atoms with van der Waals surface area (Å²) in [6.45, 7) is 1.57. The molecule has 4 heteroatoms. The second-order valence-corrected chi connectivity index (χ2v) is 4.79.